The molecule has 2 aromatic rings. The van der Waals surface area contributed by atoms with Crippen LogP contribution in [0.2, 0.25) is 0 Å². The zero-order chi connectivity index (χ0) is 14.5. The molecule has 3 nitrogen and oxygen atoms in total. The lowest BCUT2D eigenvalue weighted by Crippen LogP contribution is -2.59. The highest BCUT2D eigenvalue weighted by Gasteiger charge is 2.27. The van der Waals surface area contributed by atoms with Gasteiger partial charge in [0.1, 0.15) is 0 Å². The Kier molecular flexibility index (Phi) is 4.31. The Morgan fingerprint density at radius 3 is 2.00 bits per heavy atom. The number of rotatable bonds is 4. The van der Waals surface area contributed by atoms with Gasteiger partial charge in [-0.15, -0.1) is 0 Å². The summed E-state index contributed by atoms with van der Waals surface area (Å²) in [5, 5.41) is 6.51. The summed E-state index contributed by atoms with van der Waals surface area (Å²) in [6.45, 7) is 0.818. The highest BCUT2D eigenvalue weighted by Crippen LogP contribution is 2.09. The number of carbonyl (C=O) groups excluding carboxylic acids is 1. The minimum atomic E-state index is -0.126. The normalized spacial score (nSPS) is 21.8. The second kappa shape index (κ2) is 6.55. The van der Waals surface area contributed by atoms with Crippen molar-refractivity contribution in [1.82, 2.24) is 10.6 Å². The maximum absolute atomic E-state index is 12.2. The molecular formula is C18H20N2O. The van der Waals surface area contributed by atoms with Crippen molar-refractivity contribution < 1.29 is 4.79 Å². The van der Waals surface area contributed by atoms with E-state index < -0.39 is 0 Å². The molecule has 3 rings (SSSR count). The summed E-state index contributed by atoms with van der Waals surface area (Å²) in [6, 6.07) is 20.5. The summed E-state index contributed by atoms with van der Waals surface area (Å²) in [5.41, 5.74) is 2.44. The van der Waals surface area contributed by atoms with E-state index in [1.54, 1.807) is 0 Å². The van der Waals surface area contributed by atoms with E-state index in [1.165, 1.54) is 11.1 Å². The van der Waals surface area contributed by atoms with Crippen LogP contribution >= 0.6 is 0 Å². The van der Waals surface area contributed by atoms with Gasteiger partial charge in [0.25, 0.3) is 0 Å². The zero-order valence-corrected chi connectivity index (χ0v) is 12.0. The van der Waals surface area contributed by atoms with Crippen LogP contribution in [0.4, 0.5) is 0 Å². The third-order valence-electron chi connectivity index (χ3n) is 3.88. The van der Waals surface area contributed by atoms with Gasteiger partial charge < -0.3 is 10.6 Å². The molecule has 2 atom stereocenters. The van der Waals surface area contributed by atoms with Gasteiger partial charge in [-0.05, 0) is 24.0 Å². The number of piperazine rings is 1. The molecule has 21 heavy (non-hydrogen) atoms. The second-order valence-electron chi connectivity index (χ2n) is 5.55. The van der Waals surface area contributed by atoms with Crippen molar-refractivity contribution in [3.63, 3.8) is 0 Å². The van der Waals surface area contributed by atoms with E-state index in [-0.39, 0.29) is 18.0 Å². The number of carbonyl (C=O) groups is 1. The topological polar surface area (TPSA) is 41.1 Å². The monoisotopic (exact) mass is 280 g/mol. The van der Waals surface area contributed by atoms with Crippen LogP contribution in [-0.2, 0) is 17.6 Å². The van der Waals surface area contributed by atoms with Gasteiger partial charge >= 0.3 is 0 Å². The molecule has 0 bridgehead atoms. The lowest BCUT2D eigenvalue weighted by atomic mass is 9.99. The molecule has 0 aliphatic carbocycles. The molecule has 0 spiro atoms. The van der Waals surface area contributed by atoms with Crippen molar-refractivity contribution in [2.75, 3.05) is 6.54 Å². The smallest absolute Gasteiger partial charge is 0.237 e. The summed E-state index contributed by atoms with van der Waals surface area (Å²) in [7, 11) is 0. The first kappa shape index (κ1) is 13.8. The molecule has 0 radical (unpaired) electrons. The molecule has 1 aliphatic rings. The Morgan fingerprint density at radius 2 is 1.43 bits per heavy atom. The fourth-order valence-corrected chi connectivity index (χ4v) is 2.77. The van der Waals surface area contributed by atoms with Crippen molar-refractivity contribution in [3.8, 4) is 0 Å². The number of amides is 1. The molecule has 1 fully saturated rings. The third kappa shape index (κ3) is 3.70. The van der Waals surface area contributed by atoms with Crippen molar-refractivity contribution in [2.45, 2.75) is 24.9 Å². The van der Waals surface area contributed by atoms with Crippen molar-refractivity contribution in [1.29, 1.82) is 0 Å². The second-order valence-corrected chi connectivity index (χ2v) is 5.55. The molecule has 1 saturated heterocycles. The van der Waals surface area contributed by atoms with Crippen LogP contribution in [0, 0.1) is 0 Å². The molecule has 0 saturated carbocycles. The van der Waals surface area contributed by atoms with E-state index in [0.717, 1.165) is 19.4 Å². The van der Waals surface area contributed by atoms with Gasteiger partial charge in [0.05, 0.1) is 6.04 Å². The maximum atomic E-state index is 12.2. The van der Waals surface area contributed by atoms with Crippen LogP contribution in [0.1, 0.15) is 11.1 Å². The van der Waals surface area contributed by atoms with Gasteiger partial charge in [-0.3, -0.25) is 4.79 Å². The Balaban J connectivity index is 1.56. The van der Waals surface area contributed by atoms with E-state index in [1.807, 2.05) is 36.4 Å². The van der Waals surface area contributed by atoms with Gasteiger partial charge in [-0.25, -0.2) is 0 Å². The fourth-order valence-electron chi connectivity index (χ4n) is 2.77. The summed E-state index contributed by atoms with van der Waals surface area (Å²) >= 11 is 0. The van der Waals surface area contributed by atoms with Gasteiger partial charge in [0.15, 0.2) is 0 Å². The summed E-state index contributed by atoms with van der Waals surface area (Å²) in [5.74, 6) is 0.103. The maximum Gasteiger partial charge on any atom is 0.237 e. The highest BCUT2D eigenvalue weighted by molar-refractivity contribution is 5.83. The highest BCUT2D eigenvalue weighted by atomic mass is 16.2. The summed E-state index contributed by atoms with van der Waals surface area (Å²) in [6.07, 6.45) is 1.61. The lowest BCUT2D eigenvalue weighted by molar-refractivity contribution is -0.125. The Bertz CT molecular complexity index is 583. The molecule has 108 valence electrons. The summed E-state index contributed by atoms with van der Waals surface area (Å²) in [4.78, 5) is 12.2. The van der Waals surface area contributed by atoms with Crippen LogP contribution in [0.5, 0.6) is 0 Å². The summed E-state index contributed by atoms with van der Waals surface area (Å²) < 4.78 is 0. The number of hydrogen-bond acceptors (Lipinski definition) is 2. The molecule has 3 heteroatoms. The Hall–Kier alpha value is -2.13. The molecule has 1 aliphatic heterocycles. The quantitative estimate of drug-likeness (QED) is 0.898. The van der Waals surface area contributed by atoms with Crippen molar-refractivity contribution >= 4 is 5.91 Å². The van der Waals surface area contributed by atoms with E-state index in [0.29, 0.717) is 0 Å². The van der Waals surface area contributed by atoms with Gasteiger partial charge in [-0.1, -0.05) is 60.7 Å². The van der Waals surface area contributed by atoms with E-state index in [9.17, 15) is 4.79 Å². The first-order chi connectivity index (χ1) is 10.3. The lowest BCUT2D eigenvalue weighted by Gasteiger charge is -2.30. The molecular weight excluding hydrogens is 260 g/mol. The minimum absolute atomic E-state index is 0.103. The molecule has 0 unspecified atom stereocenters. The molecule has 0 aromatic heterocycles. The molecule has 1 amide bonds. The van der Waals surface area contributed by atoms with Crippen molar-refractivity contribution in [2.24, 2.45) is 0 Å². The predicted molar refractivity (Wildman–Crippen MR) is 84.0 cm³/mol. The fraction of sp³-hybridized carbons (Fsp3) is 0.278. The number of hydrogen-bond donors (Lipinski definition) is 2. The van der Waals surface area contributed by atoms with E-state index >= 15 is 0 Å². The Morgan fingerprint density at radius 1 is 0.857 bits per heavy atom. The minimum Gasteiger partial charge on any atom is -0.350 e. The van der Waals surface area contributed by atoms with Gasteiger partial charge in [0, 0.05) is 12.6 Å². The first-order valence-electron chi connectivity index (χ1n) is 7.43. The van der Waals surface area contributed by atoms with E-state index in [2.05, 4.69) is 34.9 Å². The molecule has 2 N–H and O–H groups in total. The van der Waals surface area contributed by atoms with Crippen LogP contribution in [0.15, 0.2) is 60.7 Å². The number of nitrogens with one attached hydrogen (secondary N) is 2. The average Bonchev–Trinajstić information content (AvgIpc) is 2.52. The van der Waals surface area contributed by atoms with Crippen LogP contribution in [0.3, 0.4) is 0 Å². The molecule has 1 heterocycles. The van der Waals surface area contributed by atoms with Gasteiger partial charge in [-0.2, -0.15) is 0 Å². The molecule has 2 aromatic carbocycles. The zero-order valence-electron chi connectivity index (χ0n) is 12.0. The Labute approximate surface area is 125 Å². The van der Waals surface area contributed by atoms with Crippen LogP contribution in [0.25, 0.3) is 0 Å². The van der Waals surface area contributed by atoms with E-state index in [4.69, 9.17) is 0 Å². The van der Waals surface area contributed by atoms with Crippen LogP contribution in [-0.4, -0.2) is 24.5 Å². The largest absolute Gasteiger partial charge is 0.350 e. The third-order valence-corrected chi connectivity index (χ3v) is 3.88. The van der Waals surface area contributed by atoms with Gasteiger partial charge in [0.2, 0.25) is 5.91 Å². The number of benzene rings is 2. The first-order valence-corrected chi connectivity index (χ1v) is 7.43. The SMILES string of the molecule is O=C1N[C@H](Cc2ccccc2)CN[C@@H]1Cc1ccccc1. The average molecular weight is 280 g/mol. The van der Waals surface area contributed by atoms with Crippen LogP contribution < -0.4 is 10.6 Å². The predicted octanol–water partition coefficient (Wildman–Crippen LogP) is 1.93. The standard InChI is InChI=1S/C18H20N2O/c21-18-17(12-15-9-5-2-6-10-15)19-13-16(20-18)11-14-7-3-1-4-8-14/h1-10,16-17,19H,11-13H2,(H,20,21)/t16-,17-/m1/s1. The van der Waals surface area contributed by atoms with Crippen molar-refractivity contribution in [3.05, 3.63) is 71.8 Å².